The standard InChI is InChI=1S/C21H26N6/c1-15-19(27-10-5-9-22-21(27)24-15)14-26-11-8-18-17(13-26)12-23-20(25-18)16-6-3-2-4-7-16/h5,9-10,12,16H,2-4,6-8,11,13-14H2,1H3. The first-order valence-electron chi connectivity index (χ1n) is 10.1. The van der Waals surface area contributed by atoms with Gasteiger partial charge >= 0.3 is 0 Å². The molecule has 3 aromatic heterocycles. The number of nitrogens with zero attached hydrogens (tertiary/aromatic N) is 6. The van der Waals surface area contributed by atoms with Crippen molar-refractivity contribution in [3.8, 4) is 0 Å². The molecule has 6 nitrogen and oxygen atoms in total. The highest BCUT2D eigenvalue weighted by Gasteiger charge is 2.23. The maximum atomic E-state index is 4.97. The van der Waals surface area contributed by atoms with Crippen molar-refractivity contribution in [2.24, 2.45) is 0 Å². The van der Waals surface area contributed by atoms with Gasteiger partial charge in [-0.05, 0) is 25.8 Å². The van der Waals surface area contributed by atoms with E-state index in [4.69, 9.17) is 9.97 Å². The number of aromatic nitrogens is 5. The molecule has 0 atom stereocenters. The SMILES string of the molecule is Cc1nc2ncccn2c1CN1CCc2nc(C3CCCCC3)ncc2C1. The summed E-state index contributed by atoms with van der Waals surface area (Å²) in [4.78, 5) is 21.1. The molecular formula is C21H26N6. The van der Waals surface area contributed by atoms with Crippen LogP contribution in [0.3, 0.4) is 0 Å². The first-order chi connectivity index (χ1) is 13.3. The normalized spacial score (nSPS) is 18.7. The number of hydrogen-bond acceptors (Lipinski definition) is 5. The summed E-state index contributed by atoms with van der Waals surface area (Å²) < 4.78 is 2.10. The first kappa shape index (κ1) is 16.8. The number of rotatable bonds is 3. The van der Waals surface area contributed by atoms with Crippen LogP contribution in [0.1, 0.15) is 66.5 Å². The van der Waals surface area contributed by atoms with Crippen molar-refractivity contribution in [3.05, 3.63) is 53.1 Å². The molecule has 0 spiro atoms. The van der Waals surface area contributed by atoms with Gasteiger partial charge in [-0.15, -0.1) is 0 Å². The fraction of sp³-hybridized carbons (Fsp3) is 0.524. The number of fused-ring (bicyclic) bond motifs is 2. The lowest BCUT2D eigenvalue weighted by molar-refractivity contribution is 0.238. The molecule has 0 N–H and O–H groups in total. The highest BCUT2D eigenvalue weighted by atomic mass is 15.2. The Balaban J connectivity index is 1.34. The maximum absolute atomic E-state index is 4.97. The molecule has 0 bridgehead atoms. The molecule has 0 unspecified atom stereocenters. The van der Waals surface area contributed by atoms with E-state index in [9.17, 15) is 0 Å². The van der Waals surface area contributed by atoms with E-state index in [1.807, 2.05) is 6.07 Å². The molecule has 0 amide bonds. The lowest BCUT2D eigenvalue weighted by atomic mass is 9.88. The van der Waals surface area contributed by atoms with Crippen LogP contribution in [0, 0.1) is 6.92 Å². The predicted octanol–water partition coefficient (Wildman–Crippen LogP) is 3.43. The van der Waals surface area contributed by atoms with Gasteiger partial charge in [0.1, 0.15) is 5.82 Å². The van der Waals surface area contributed by atoms with Gasteiger partial charge in [0.2, 0.25) is 5.78 Å². The van der Waals surface area contributed by atoms with Crippen LogP contribution in [-0.2, 0) is 19.5 Å². The van der Waals surface area contributed by atoms with Gasteiger partial charge in [0.25, 0.3) is 0 Å². The van der Waals surface area contributed by atoms with Crippen molar-refractivity contribution in [1.82, 2.24) is 29.2 Å². The van der Waals surface area contributed by atoms with Crippen molar-refractivity contribution in [2.45, 2.75) is 64.5 Å². The Morgan fingerprint density at radius 1 is 1.11 bits per heavy atom. The summed E-state index contributed by atoms with van der Waals surface area (Å²) in [6, 6.07) is 1.96. The van der Waals surface area contributed by atoms with Crippen LogP contribution in [0.4, 0.5) is 0 Å². The highest BCUT2D eigenvalue weighted by Crippen LogP contribution is 2.31. The van der Waals surface area contributed by atoms with Gasteiger partial charge in [0.05, 0.1) is 11.4 Å². The summed E-state index contributed by atoms with van der Waals surface area (Å²) in [6.45, 7) is 4.89. The van der Waals surface area contributed by atoms with Gasteiger partial charge in [-0.1, -0.05) is 19.3 Å². The molecule has 4 heterocycles. The molecule has 5 rings (SSSR count). The van der Waals surface area contributed by atoms with Crippen LogP contribution in [0.15, 0.2) is 24.7 Å². The van der Waals surface area contributed by atoms with Gasteiger partial charge in [-0.3, -0.25) is 9.30 Å². The Morgan fingerprint density at radius 3 is 2.89 bits per heavy atom. The molecule has 1 fully saturated rings. The minimum atomic E-state index is 0.579. The summed E-state index contributed by atoms with van der Waals surface area (Å²) >= 11 is 0. The quantitative estimate of drug-likeness (QED) is 0.714. The zero-order valence-electron chi connectivity index (χ0n) is 15.9. The third kappa shape index (κ3) is 3.23. The zero-order chi connectivity index (χ0) is 18.2. The third-order valence-electron chi connectivity index (χ3n) is 6.08. The Morgan fingerprint density at radius 2 is 2.00 bits per heavy atom. The van der Waals surface area contributed by atoms with Gasteiger partial charge in [0.15, 0.2) is 0 Å². The fourth-order valence-electron chi connectivity index (χ4n) is 4.53. The van der Waals surface area contributed by atoms with E-state index < -0.39 is 0 Å². The molecule has 27 heavy (non-hydrogen) atoms. The summed E-state index contributed by atoms with van der Waals surface area (Å²) in [6.07, 6.45) is 13.5. The van der Waals surface area contributed by atoms with E-state index in [0.717, 1.165) is 43.4 Å². The largest absolute Gasteiger partial charge is 0.293 e. The van der Waals surface area contributed by atoms with Crippen LogP contribution in [0.5, 0.6) is 0 Å². The molecule has 1 aliphatic carbocycles. The molecule has 1 aliphatic heterocycles. The summed E-state index contributed by atoms with van der Waals surface area (Å²) in [5.74, 6) is 2.45. The monoisotopic (exact) mass is 362 g/mol. The van der Waals surface area contributed by atoms with E-state index in [1.165, 1.54) is 49.1 Å². The Kier molecular flexibility index (Phi) is 4.36. The summed E-state index contributed by atoms with van der Waals surface area (Å²) in [5, 5.41) is 0. The second-order valence-electron chi connectivity index (χ2n) is 7.93. The van der Waals surface area contributed by atoms with Crippen molar-refractivity contribution < 1.29 is 0 Å². The van der Waals surface area contributed by atoms with Crippen LogP contribution in [0.25, 0.3) is 5.78 Å². The number of hydrogen-bond donors (Lipinski definition) is 0. The number of imidazole rings is 1. The van der Waals surface area contributed by atoms with Crippen LogP contribution < -0.4 is 0 Å². The smallest absolute Gasteiger partial charge is 0.234 e. The Hall–Kier alpha value is -2.34. The Bertz CT molecular complexity index is 956. The molecule has 140 valence electrons. The van der Waals surface area contributed by atoms with E-state index in [-0.39, 0.29) is 0 Å². The lowest BCUT2D eigenvalue weighted by Gasteiger charge is -2.29. The molecule has 0 radical (unpaired) electrons. The fourth-order valence-corrected chi connectivity index (χ4v) is 4.53. The zero-order valence-corrected chi connectivity index (χ0v) is 15.9. The second-order valence-corrected chi connectivity index (χ2v) is 7.93. The van der Waals surface area contributed by atoms with Crippen LogP contribution >= 0.6 is 0 Å². The summed E-state index contributed by atoms with van der Waals surface area (Å²) in [5.41, 5.74) is 4.83. The Labute approximate surface area is 159 Å². The van der Waals surface area contributed by atoms with Gasteiger partial charge < -0.3 is 0 Å². The van der Waals surface area contributed by atoms with E-state index in [1.54, 1.807) is 6.20 Å². The molecule has 6 heteroatoms. The topological polar surface area (TPSA) is 59.2 Å². The number of aryl methyl sites for hydroxylation is 1. The third-order valence-corrected chi connectivity index (χ3v) is 6.08. The molecule has 0 saturated heterocycles. The van der Waals surface area contributed by atoms with E-state index in [2.05, 4.69) is 38.6 Å². The van der Waals surface area contributed by atoms with Gasteiger partial charge in [0, 0.05) is 61.8 Å². The van der Waals surface area contributed by atoms with Crippen molar-refractivity contribution >= 4 is 5.78 Å². The molecule has 1 saturated carbocycles. The van der Waals surface area contributed by atoms with E-state index >= 15 is 0 Å². The van der Waals surface area contributed by atoms with Crippen LogP contribution in [-0.4, -0.2) is 35.8 Å². The second kappa shape index (κ2) is 7.00. The highest BCUT2D eigenvalue weighted by molar-refractivity contribution is 5.35. The van der Waals surface area contributed by atoms with Gasteiger partial charge in [-0.25, -0.2) is 19.9 Å². The van der Waals surface area contributed by atoms with Gasteiger partial charge in [-0.2, -0.15) is 0 Å². The average molecular weight is 362 g/mol. The summed E-state index contributed by atoms with van der Waals surface area (Å²) in [7, 11) is 0. The molecule has 3 aromatic rings. The van der Waals surface area contributed by atoms with Crippen molar-refractivity contribution in [2.75, 3.05) is 6.54 Å². The van der Waals surface area contributed by atoms with Crippen LogP contribution in [0.2, 0.25) is 0 Å². The molecular weight excluding hydrogens is 336 g/mol. The molecule has 2 aliphatic rings. The maximum Gasteiger partial charge on any atom is 0.234 e. The predicted molar refractivity (Wildman–Crippen MR) is 103 cm³/mol. The molecule has 0 aromatic carbocycles. The minimum Gasteiger partial charge on any atom is -0.293 e. The average Bonchev–Trinajstić information content (AvgIpc) is 3.03. The first-order valence-corrected chi connectivity index (χ1v) is 10.1. The lowest BCUT2D eigenvalue weighted by Crippen LogP contribution is -2.32. The van der Waals surface area contributed by atoms with Crippen molar-refractivity contribution in [1.29, 1.82) is 0 Å². The van der Waals surface area contributed by atoms with E-state index in [0.29, 0.717) is 5.92 Å². The van der Waals surface area contributed by atoms with Crippen molar-refractivity contribution in [3.63, 3.8) is 0 Å². The minimum absolute atomic E-state index is 0.579.